The van der Waals surface area contributed by atoms with E-state index in [4.69, 9.17) is 0 Å². The predicted molar refractivity (Wildman–Crippen MR) is 183 cm³/mol. The van der Waals surface area contributed by atoms with E-state index in [0.717, 1.165) is 43.9 Å². The predicted octanol–water partition coefficient (Wildman–Crippen LogP) is 9.47. The van der Waals surface area contributed by atoms with Crippen LogP contribution in [0.3, 0.4) is 0 Å². The van der Waals surface area contributed by atoms with Crippen LogP contribution in [-0.2, 0) is 9.59 Å². The van der Waals surface area contributed by atoms with Crippen LogP contribution in [0.2, 0.25) is 0 Å². The minimum absolute atomic E-state index is 0.140. The number of rotatable bonds is 0. The van der Waals surface area contributed by atoms with Gasteiger partial charge in [0, 0.05) is 52.9 Å². The van der Waals surface area contributed by atoms with Crippen molar-refractivity contribution >= 4 is 65.6 Å². The number of carbonyl (C=O) groups excluding carboxylic acids is 2. The molecule has 0 bridgehead atoms. The second-order valence-corrected chi connectivity index (χ2v) is 17.7. The van der Waals surface area contributed by atoms with E-state index >= 15 is 0 Å². The number of Topliss-reactive ketones (excluding diaryl/α,β-unsaturated/α-hetero) is 2. The van der Waals surface area contributed by atoms with Crippen molar-refractivity contribution in [3.8, 4) is 0 Å². The number of ketones is 2. The topological polar surface area (TPSA) is 34.1 Å². The Balaban J connectivity index is 2.15. The highest BCUT2D eigenvalue weighted by Gasteiger charge is 2.36. The zero-order valence-electron chi connectivity index (χ0n) is 27.3. The summed E-state index contributed by atoms with van der Waals surface area (Å²) in [6, 6.07) is 4.45. The Hall–Kier alpha value is -2.82. The van der Waals surface area contributed by atoms with Crippen LogP contribution in [0, 0.1) is 21.7 Å². The summed E-state index contributed by atoms with van der Waals surface area (Å²) in [4.78, 5) is 27.8. The average molecular weight is 597 g/mol. The molecule has 0 amide bonds. The Morgan fingerprint density at radius 3 is 0.952 bits per heavy atom. The molecule has 0 fully saturated rings. The maximum atomic E-state index is 13.9. The molecule has 0 saturated carbocycles. The van der Waals surface area contributed by atoms with E-state index in [-0.39, 0.29) is 33.2 Å². The number of thiophene rings is 2. The van der Waals surface area contributed by atoms with Gasteiger partial charge in [0.1, 0.15) is 0 Å². The summed E-state index contributed by atoms with van der Waals surface area (Å²) in [5, 5.41) is 9.14. The molecule has 2 aliphatic rings. The van der Waals surface area contributed by atoms with Crippen molar-refractivity contribution in [3.63, 3.8) is 0 Å². The number of allylic oxidation sites excluding steroid dienone is 8. The zero-order valence-corrected chi connectivity index (χ0v) is 28.9. The van der Waals surface area contributed by atoms with Gasteiger partial charge < -0.3 is 0 Å². The number of benzene rings is 1. The Morgan fingerprint density at radius 2 is 0.714 bits per heavy atom. The molecule has 0 N–H and O–H groups in total. The SMILES string of the molecule is CC(C)(C)C1=CC(=c2c(=C3C=C(C(C)(C)C)C(=O)C(C(C)(C)C)=C3)c3sccc3c3ccsc23)C=C(C(C)(C)C)C1=O. The van der Waals surface area contributed by atoms with E-state index < -0.39 is 0 Å². The van der Waals surface area contributed by atoms with Gasteiger partial charge in [-0.25, -0.2) is 0 Å². The summed E-state index contributed by atoms with van der Waals surface area (Å²) in [5.74, 6) is 0.279. The first-order valence-electron chi connectivity index (χ1n) is 14.8. The fourth-order valence-electron chi connectivity index (χ4n) is 5.98. The molecule has 5 rings (SSSR count). The van der Waals surface area contributed by atoms with Gasteiger partial charge in [-0.2, -0.15) is 0 Å². The van der Waals surface area contributed by atoms with Gasteiger partial charge in [0.05, 0.1) is 0 Å². The summed E-state index contributed by atoms with van der Waals surface area (Å²) >= 11 is 3.51. The van der Waals surface area contributed by atoms with Gasteiger partial charge in [0.15, 0.2) is 11.6 Å². The molecule has 0 atom stereocenters. The Kier molecular flexibility index (Phi) is 7.19. The molecule has 0 saturated heterocycles. The molecule has 1 aromatic carbocycles. The second-order valence-electron chi connectivity index (χ2n) is 15.9. The zero-order chi connectivity index (χ0) is 31.2. The van der Waals surface area contributed by atoms with E-state index in [2.05, 4.69) is 130 Å². The van der Waals surface area contributed by atoms with E-state index in [0.29, 0.717) is 0 Å². The van der Waals surface area contributed by atoms with E-state index in [1.807, 2.05) is 0 Å². The van der Waals surface area contributed by atoms with Crippen molar-refractivity contribution in [2.75, 3.05) is 0 Å². The summed E-state index contributed by atoms with van der Waals surface area (Å²) < 4.78 is 2.44. The first kappa shape index (κ1) is 30.6. The van der Waals surface area contributed by atoms with Crippen LogP contribution in [0.1, 0.15) is 83.1 Å². The standard InChI is InChI=1S/C38H44O2S2/c1-35(2,3)25-17-21(18-26(31(25)39)36(4,5)6)29-30(34-24(14-16-42-34)23-13-15-41-33(23)29)22-19-27(37(7,8)9)32(40)28(20-22)38(10,11)12/h13-20H,1-12H3. The van der Waals surface area contributed by atoms with Crippen molar-refractivity contribution < 1.29 is 9.59 Å². The highest BCUT2D eigenvalue weighted by molar-refractivity contribution is 7.19. The van der Waals surface area contributed by atoms with Gasteiger partial charge in [-0.3, -0.25) is 9.59 Å². The lowest BCUT2D eigenvalue weighted by Gasteiger charge is -2.32. The monoisotopic (exact) mass is 596 g/mol. The van der Waals surface area contributed by atoms with Crippen LogP contribution in [-0.4, -0.2) is 11.6 Å². The van der Waals surface area contributed by atoms with Crippen LogP contribution in [0.4, 0.5) is 0 Å². The van der Waals surface area contributed by atoms with Crippen LogP contribution < -0.4 is 10.4 Å². The van der Waals surface area contributed by atoms with Gasteiger partial charge in [-0.15, -0.1) is 22.7 Å². The van der Waals surface area contributed by atoms with Crippen molar-refractivity contribution in [1.82, 2.24) is 0 Å². The maximum absolute atomic E-state index is 13.9. The minimum Gasteiger partial charge on any atom is -0.289 e. The third-order valence-corrected chi connectivity index (χ3v) is 10.2. The highest BCUT2D eigenvalue weighted by Crippen LogP contribution is 2.41. The van der Waals surface area contributed by atoms with Crippen LogP contribution in [0.15, 0.2) is 69.5 Å². The summed E-state index contributed by atoms with van der Waals surface area (Å²) in [6.07, 6.45) is 8.58. The normalized spacial score (nSPS) is 17.6. The molecule has 2 aromatic heterocycles. The van der Waals surface area contributed by atoms with E-state index in [1.165, 1.54) is 20.2 Å². The Bertz CT molecular complexity index is 1700. The number of fused-ring (bicyclic) bond motifs is 3. The Morgan fingerprint density at radius 1 is 0.452 bits per heavy atom. The van der Waals surface area contributed by atoms with Crippen molar-refractivity contribution in [2.45, 2.75) is 83.1 Å². The summed E-state index contributed by atoms with van der Waals surface area (Å²) in [5.41, 5.74) is 4.28. The van der Waals surface area contributed by atoms with Crippen molar-refractivity contribution in [3.05, 3.63) is 79.9 Å². The third-order valence-electron chi connectivity index (χ3n) is 8.31. The third kappa shape index (κ3) is 5.15. The molecule has 0 aliphatic heterocycles. The first-order valence-corrected chi connectivity index (χ1v) is 16.6. The fraction of sp³-hybridized carbons (Fsp3) is 0.421. The molecule has 2 nitrogen and oxygen atoms in total. The molecule has 42 heavy (non-hydrogen) atoms. The number of hydrogen-bond acceptors (Lipinski definition) is 4. The van der Waals surface area contributed by atoms with Gasteiger partial charge in [0.25, 0.3) is 0 Å². The lowest BCUT2D eigenvalue weighted by Crippen LogP contribution is -2.34. The smallest absolute Gasteiger partial charge is 0.186 e. The molecule has 3 aromatic rings. The Labute approximate surface area is 258 Å². The number of carbonyl (C=O) groups is 2. The summed E-state index contributed by atoms with van der Waals surface area (Å²) in [6.45, 7) is 25.5. The van der Waals surface area contributed by atoms with Gasteiger partial charge >= 0.3 is 0 Å². The summed E-state index contributed by atoms with van der Waals surface area (Å²) in [7, 11) is 0. The molecular weight excluding hydrogens is 553 g/mol. The molecule has 0 spiro atoms. The molecule has 220 valence electrons. The highest BCUT2D eigenvalue weighted by atomic mass is 32.1. The molecule has 2 heterocycles. The fourth-order valence-corrected chi connectivity index (χ4v) is 7.95. The van der Waals surface area contributed by atoms with Gasteiger partial charge in [-0.1, -0.05) is 83.1 Å². The van der Waals surface area contributed by atoms with Gasteiger partial charge in [0.2, 0.25) is 0 Å². The lowest BCUT2D eigenvalue weighted by atomic mass is 9.71. The molecule has 2 aliphatic carbocycles. The molecule has 0 radical (unpaired) electrons. The van der Waals surface area contributed by atoms with Crippen LogP contribution in [0.5, 0.6) is 0 Å². The number of hydrogen-bond donors (Lipinski definition) is 0. The van der Waals surface area contributed by atoms with Gasteiger partial charge in [-0.05, 0) is 80.0 Å². The maximum Gasteiger partial charge on any atom is 0.186 e. The first-order chi connectivity index (χ1) is 19.2. The van der Waals surface area contributed by atoms with E-state index in [1.54, 1.807) is 22.7 Å². The molecule has 4 heteroatoms. The molecule has 0 unspecified atom stereocenters. The molecular formula is C38H44O2S2. The minimum atomic E-state index is -0.308. The largest absolute Gasteiger partial charge is 0.289 e. The van der Waals surface area contributed by atoms with Crippen molar-refractivity contribution in [2.24, 2.45) is 21.7 Å². The van der Waals surface area contributed by atoms with Crippen LogP contribution >= 0.6 is 22.7 Å². The van der Waals surface area contributed by atoms with E-state index in [9.17, 15) is 9.59 Å². The second kappa shape index (κ2) is 9.86. The van der Waals surface area contributed by atoms with Crippen LogP contribution in [0.25, 0.3) is 31.3 Å². The van der Waals surface area contributed by atoms with Crippen molar-refractivity contribution in [1.29, 1.82) is 0 Å². The lowest BCUT2D eigenvalue weighted by molar-refractivity contribution is -0.114. The average Bonchev–Trinajstić information content (AvgIpc) is 3.50. The quantitative estimate of drug-likeness (QED) is 0.259.